The molecule has 3 saturated heterocycles. The van der Waals surface area contributed by atoms with Crippen molar-refractivity contribution >= 4 is 23.3 Å². The van der Waals surface area contributed by atoms with Gasteiger partial charge >= 0.3 is 0 Å². The lowest BCUT2D eigenvalue weighted by molar-refractivity contribution is -0.163. The molecule has 3 fully saturated rings. The Bertz CT molecular complexity index is 1040. The summed E-state index contributed by atoms with van der Waals surface area (Å²) in [5.41, 5.74) is 3.85. The van der Waals surface area contributed by atoms with E-state index in [1.165, 1.54) is 0 Å². The monoisotopic (exact) mass is 387 g/mol. The first-order valence-corrected chi connectivity index (χ1v) is 10.1. The lowest BCUT2D eigenvalue weighted by Gasteiger charge is -2.35. The average molecular weight is 387 g/mol. The summed E-state index contributed by atoms with van der Waals surface area (Å²) in [6, 6.07) is 15.1. The number of hydrogen-bond donors (Lipinski definition) is 0. The van der Waals surface area contributed by atoms with Crippen molar-refractivity contribution in [2.24, 2.45) is 11.8 Å². The third kappa shape index (κ3) is 2.35. The second-order valence-corrected chi connectivity index (χ2v) is 8.34. The van der Waals surface area contributed by atoms with Crippen LogP contribution in [0.1, 0.15) is 21.5 Å². The van der Waals surface area contributed by atoms with Gasteiger partial charge in [-0.25, -0.2) is 0 Å². The summed E-state index contributed by atoms with van der Waals surface area (Å²) in [4.78, 5) is 29.1. The number of nitrogens with zero attached hydrogens (tertiary/aromatic N) is 1. The molecule has 4 aliphatic rings. The van der Waals surface area contributed by atoms with E-state index in [9.17, 15) is 9.59 Å². The first-order chi connectivity index (χ1) is 14.1. The van der Waals surface area contributed by atoms with Crippen LogP contribution in [0.15, 0.2) is 54.6 Å². The molecule has 2 aromatic carbocycles. The van der Waals surface area contributed by atoms with Crippen LogP contribution < -0.4 is 4.90 Å². The van der Waals surface area contributed by atoms with E-state index >= 15 is 0 Å². The molecule has 0 aliphatic carbocycles. The first kappa shape index (κ1) is 17.1. The molecule has 4 heterocycles. The fourth-order valence-electron chi connectivity index (χ4n) is 5.47. The molecule has 6 rings (SSSR count). The van der Waals surface area contributed by atoms with Crippen LogP contribution in [-0.4, -0.2) is 42.7 Å². The topological polar surface area (TPSA) is 55.8 Å². The number of Topliss-reactive ketones (excluding diaryl/α,β-unsaturated/α-hetero) is 2. The fraction of sp³-hybridized carbons (Fsp3) is 0.333. The summed E-state index contributed by atoms with van der Waals surface area (Å²) in [6.45, 7) is 2.37. The van der Waals surface area contributed by atoms with Crippen molar-refractivity contribution in [3.8, 4) is 0 Å². The minimum atomic E-state index is -0.790. The normalized spacial score (nSPS) is 34.0. The number of benzene rings is 2. The van der Waals surface area contributed by atoms with Crippen molar-refractivity contribution in [3.63, 3.8) is 0 Å². The third-order valence-electron chi connectivity index (χ3n) is 6.76. The molecule has 29 heavy (non-hydrogen) atoms. The van der Waals surface area contributed by atoms with E-state index in [2.05, 4.69) is 17.1 Å². The molecule has 0 N–H and O–H groups in total. The highest BCUT2D eigenvalue weighted by atomic mass is 16.7. The number of rotatable bonds is 2. The molecule has 2 bridgehead atoms. The number of aryl methyl sites for hydroxylation is 1. The van der Waals surface area contributed by atoms with Crippen LogP contribution in [-0.2, 0) is 14.3 Å². The van der Waals surface area contributed by atoms with Crippen molar-refractivity contribution in [3.05, 3.63) is 71.3 Å². The van der Waals surface area contributed by atoms with Gasteiger partial charge in [-0.15, -0.1) is 0 Å². The van der Waals surface area contributed by atoms with Crippen molar-refractivity contribution in [2.45, 2.75) is 31.4 Å². The van der Waals surface area contributed by atoms with Crippen LogP contribution in [0.3, 0.4) is 0 Å². The van der Waals surface area contributed by atoms with E-state index < -0.39 is 12.3 Å². The molecule has 6 atom stereocenters. The second-order valence-electron chi connectivity index (χ2n) is 8.34. The highest BCUT2D eigenvalue weighted by Gasteiger charge is 2.63. The molecular weight excluding hydrogens is 366 g/mol. The smallest absolute Gasteiger partial charge is 0.218 e. The van der Waals surface area contributed by atoms with E-state index in [1.807, 2.05) is 55.5 Å². The minimum Gasteiger partial charge on any atom is -0.353 e. The Balaban J connectivity index is 1.52. The van der Waals surface area contributed by atoms with E-state index in [0.29, 0.717) is 12.2 Å². The van der Waals surface area contributed by atoms with Gasteiger partial charge in [0.05, 0.1) is 30.7 Å². The molecule has 146 valence electrons. The van der Waals surface area contributed by atoms with Crippen molar-refractivity contribution < 1.29 is 19.1 Å². The molecule has 0 amide bonds. The number of ketones is 2. The van der Waals surface area contributed by atoms with Gasteiger partial charge in [0.1, 0.15) is 0 Å². The number of para-hydroxylation sites is 1. The standard InChI is InChI=1S/C24H21NO4/c1-13-6-8-15(9-7-13)22(26)21-20-18-12-28-24(29-18)23(27)19(20)17-11-10-14-4-2-3-5-16(14)25(17)21/h2-11,17-21,24H,12H2,1H3/t17-,18+,19+,20+,21+,24+/m0/s1. The van der Waals surface area contributed by atoms with Crippen molar-refractivity contribution in [1.82, 2.24) is 0 Å². The number of hydrogen-bond acceptors (Lipinski definition) is 5. The van der Waals surface area contributed by atoms with Gasteiger partial charge in [-0.2, -0.15) is 0 Å². The number of anilines is 1. The number of carbonyl (C=O) groups excluding carboxylic acids is 2. The summed E-state index contributed by atoms with van der Waals surface area (Å²) < 4.78 is 11.5. The van der Waals surface area contributed by atoms with E-state index in [1.54, 1.807) is 0 Å². The maximum Gasteiger partial charge on any atom is 0.218 e. The van der Waals surface area contributed by atoms with Gasteiger partial charge in [-0.1, -0.05) is 60.2 Å². The SMILES string of the molecule is Cc1ccc(C(=O)[C@H]2[C@H]3[C@H](C(=O)[C@@H]4OC[C@H]3O4)[C@@H]3C=Cc4ccccc4N32)cc1. The molecule has 0 saturated carbocycles. The number of fused-ring (bicyclic) bond motifs is 8. The largest absolute Gasteiger partial charge is 0.353 e. The minimum absolute atomic E-state index is 0.0364. The van der Waals surface area contributed by atoms with Crippen molar-refractivity contribution in [2.75, 3.05) is 11.5 Å². The van der Waals surface area contributed by atoms with Crippen molar-refractivity contribution in [1.29, 1.82) is 0 Å². The predicted octanol–water partition coefficient (Wildman–Crippen LogP) is 3.02. The molecule has 4 aliphatic heterocycles. The van der Waals surface area contributed by atoms with Gasteiger partial charge in [0, 0.05) is 17.2 Å². The summed E-state index contributed by atoms with van der Waals surface area (Å²) in [5.74, 6) is -0.530. The Morgan fingerprint density at radius 1 is 1.10 bits per heavy atom. The average Bonchev–Trinajstić information content (AvgIpc) is 3.33. The summed E-state index contributed by atoms with van der Waals surface area (Å²) in [7, 11) is 0. The molecular formula is C24H21NO4. The van der Waals surface area contributed by atoms with Crippen LogP contribution >= 0.6 is 0 Å². The Morgan fingerprint density at radius 3 is 2.72 bits per heavy atom. The lowest BCUT2D eigenvalue weighted by Crippen LogP contribution is -2.48. The van der Waals surface area contributed by atoms with Gasteiger partial charge < -0.3 is 14.4 Å². The summed E-state index contributed by atoms with van der Waals surface area (Å²) in [5, 5.41) is 0. The maximum absolute atomic E-state index is 13.8. The van der Waals surface area contributed by atoms with Gasteiger partial charge in [0.25, 0.3) is 0 Å². The zero-order chi connectivity index (χ0) is 19.7. The molecule has 0 unspecified atom stereocenters. The highest BCUT2D eigenvalue weighted by molar-refractivity contribution is 6.05. The molecule has 5 nitrogen and oxygen atoms in total. The van der Waals surface area contributed by atoms with Gasteiger partial charge in [-0.3, -0.25) is 9.59 Å². The molecule has 0 aromatic heterocycles. The number of carbonyl (C=O) groups is 2. The first-order valence-electron chi connectivity index (χ1n) is 10.1. The molecule has 0 spiro atoms. The Morgan fingerprint density at radius 2 is 1.90 bits per heavy atom. The van der Waals surface area contributed by atoms with Crippen LogP contribution in [0.5, 0.6) is 0 Å². The van der Waals surface area contributed by atoms with Crippen LogP contribution in [0.2, 0.25) is 0 Å². The molecule has 2 aromatic rings. The van der Waals surface area contributed by atoms with Crippen LogP contribution in [0, 0.1) is 18.8 Å². The van der Waals surface area contributed by atoms with Gasteiger partial charge in [0.2, 0.25) is 6.29 Å². The second kappa shape index (κ2) is 6.12. The molecule has 0 radical (unpaired) electrons. The van der Waals surface area contributed by atoms with Crippen LogP contribution in [0.4, 0.5) is 5.69 Å². The highest BCUT2D eigenvalue weighted by Crippen LogP contribution is 2.50. The lowest BCUT2D eigenvalue weighted by atomic mass is 9.77. The number of ether oxygens (including phenoxy) is 2. The summed E-state index contributed by atoms with van der Waals surface area (Å²) >= 11 is 0. The van der Waals surface area contributed by atoms with Gasteiger partial charge in [0.15, 0.2) is 11.6 Å². The fourth-order valence-corrected chi connectivity index (χ4v) is 5.47. The molecule has 5 heteroatoms. The Kier molecular flexibility index (Phi) is 3.61. The Labute approximate surface area is 168 Å². The van der Waals surface area contributed by atoms with Crippen LogP contribution in [0.25, 0.3) is 6.08 Å². The summed E-state index contributed by atoms with van der Waals surface area (Å²) in [6.07, 6.45) is 3.11. The van der Waals surface area contributed by atoms with Gasteiger partial charge in [-0.05, 0) is 18.6 Å². The zero-order valence-corrected chi connectivity index (χ0v) is 16.0. The Hall–Kier alpha value is -2.76. The maximum atomic E-state index is 13.8. The quantitative estimate of drug-likeness (QED) is 0.742. The van der Waals surface area contributed by atoms with E-state index in [-0.39, 0.29) is 35.5 Å². The zero-order valence-electron chi connectivity index (χ0n) is 16.0. The van der Waals surface area contributed by atoms with E-state index in [4.69, 9.17) is 9.47 Å². The third-order valence-corrected chi connectivity index (χ3v) is 6.76. The predicted molar refractivity (Wildman–Crippen MR) is 108 cm³/mol. The van der Waals surface area contributed by atoms with E-state index in [0.717, 1.165) is 16.8 Å².